The van der Waals surface area contributed by atoms with Crippen LogP contribution < -0.4 is 5.32 Å². The Hall–Kier alpha value is -1.33. The van der Waals surface area contributed by atoms with Gasteiger partial charge in [0.05, 0.1) is 0 Å². The quantitative estimate of drug-likeness (QED) is 0.417. The van der Waals surface area contributed by atoms with Crippen molar-refractivity contribution in [1.82, 2.24) is 0 Å². The minimum absolute atomic E-state index is 0.0217. The maximum atomic E-state index is 12.0. The molecule has 5 heteroatoms. The van der Waals surface area contributed by atoms with Crippen LogP contribution in [-0.2, 0) is 4.79 Å². The van der Waals surface area contributed by atoms with Crippen LogP contribution in [0.15, 0.2) is 64.4 Å². The van der Waals surface area contributed by atoms with E-state index in [1.807, 2.05) is 65.9 Å². The van der Waals surface area contributed by atoms with Crippen molar-refractivity contribution in [3.05, 3.63) is 59.6 Å². The molecule has 0 fully saturated rings. The highest BCUT2D eigenvalue weighted by atomic mass is 33.1. The van der Waals surface area contributed by atoms with Crippen LogP contribution in [0.4, 0.5) is 5.69 Å². The molecule has 0 aliphatic rings. The summed E-state index contributed by atoms with van der Waals surface area (Å²) in [5.41, 5.74) is 1.86. The van der Waals surface area contributed by atoms with E-state index in [4.69, 9.17) is 0 Å². The molecule has 0 saturated carbocycles. The third-order valence-corrected chi connectivity index (χ3v) is 5.36. The average molecular weight is 345 g/mol. The fourth-order valence-electron chi connectivity index (χ4n) is 1.41. The average Bonchev–Trinajstić information content (AvgIpc) is 2.47. The molecule has 2 nitrogen and oxygen atoms in total. The van der Waals surface area contributed by atoms with E-state index >= 15 is 0 Å². The van der Waals surface area contributed by atoms with Crippen LogP contribution >= 0.6 is 21.6 Å². The third-order valence-electron chi connectivity index (χ3n) is 2.84. The van der Waals surface area contributed by atoms with Crippen molar-refractivity contribution >= 4 is 41.0 Å². The fourth-order valence-corrected chi connectivity index (χ4v) is 3.43. The molecule has 0 aliphatic heterocycles. The second-order valence-electron chi connectivity index (χ2n) is 6.27. The molecule has 0 aliphatic carbocycles. The zero-order valence-electron chi connectivity index (χ0n) is 14.5. The molecule has 23 heavy (non-hydrogen) atoms. The van der Waals surface area contributed by atoms with Crippen LogP contribution in [0.5, 0.6) is 0 Å². The second kappa shape index (κ2) is 9.09. The van der Waals surface area contributed by atoms with Gasteiger partial charge in [-0.2, -0.15) is 0 Å². The van der Waals surface area contributed by atoms with Gasteiger partial charge >= 0.3 is 0 Å². The van der Waals surface area contributed by atoms with E-state index in [0.29, 0.717) is 0 Å². The van der Waals surface area contributed by atoms with Gasteiger partial charge in [-0.15, -0.1) is 0 Å². The summed E-state index contributed by atoms with van der Waals surface area (Å²) in [5.74, 6) is 0.0217. The number of rotatable bonds is 7. The molecule has 0 atom stereocenters. The molecular weight excluding hydrogens is 321 g/mol. The smallest absolute Gasteiger partial charge is 0.221 e. The molecule has 1 aromatic carbocycles. The summed E-state index contributed by atoms with van der Waals surface area (Å²) >= 11 is 0. The lowest BCUT2D eigenvalue weighted by molar-refractivity contribution is -0.118. The summed E-state index contributed by atoms with van der Waals surface area (Å²) in [6.07, 6.45) is 6.15. The second-order valence-corrected chi connectivity index (χ2v) is 8.54. The number of hydrogen-bond acceptors (Lipinski definition) is 3. The highest BCUT2D eigenvalue weighted by Crippen LogP contribution is 2.37. The summed E-state index contributed by atoms with van der Waals surface area (Å²) in [4.78, 5) is 14.3. The first kappa shape index (κ1) is 19.7. The predicted molar refractivity (Wildman–Crippen MR) is 109 cm³/mol. The first-order valence-electron chi connectivity index (χ1n) is 7.48. The molecule has 1 amide bonds. The molecule has 0 radical (unpaired) electrons. The van der Waals surface area contributed by atoms with E-state index in [0.717, 1.165) is 16.2 Å². The Kier molecular flexibility index (Phi) is 7.79. The minimum Gasteiger partial charge on any atom is -0.326 e. The maximum Gasteiger partial charge on any atom is 0.221 e. The summed E-state index contributed by atoms with van der Waals surface area (Å²) < 4.78 is 0. The maximum absolute atomic E-state index is 12.0. The first-order valence-corrected chi connectivity index (χ1v) is 9.63. The molecule has 0 unspecified atom stereocenters. The SMILES string of the molecule is BC(C)(C)C(=O)Nc1ccc(SSC(/C=C\C(=C)C)=C/C)cc1. The number of nitrogens with one attached hydrogen (secondary N) is 1. The zero-order chi connectivity index (χ0) is 17.5. The number of hydrogen-bond donors (Lipinski definition) is 1. The molecule has 122 valence electrons. The molecule has 0 spiro atoms. The normalized spacial score (nSPS) is 12.4. The Morgan fingerprint density at radius 1 is 1.26 bits per heavy atom. The number of carbonyl (C=O) groups is 1. The van der Waals surface area contributed by atoms with Crippen LogP contribution in [0.25, 0.3) is 0 Å². The van der Waals surface area contributed by atoms with Gasteiger partial charge in [0.15, 0.2) is 0 Å². The van der Waals surface area contributed by atoms with E-state index < -0.39 is 0 Å². The van der Waals surface area contributed by atoms with Gasteiger partial charge in [-0.05, 0) is 44.2 Å². The lowest BCUT2D eigenvalue weighted by atomic mass is 9.72. The summed E-state index contributed by atoms with van der Waals surface area (Å²) in [5, 5.41) is 2.54. The number of benzene rings is 1. The van der Waals surface area contributed by atoms with Crippen LogP contribution in [0.2, 0.25) is 5.31 Å². The first-order chi connectivity index (χ1) is 10.7. The number of carbonyl (C=O) groups excluding carboxylic acids is 1. The van der Waals surface area contributed by atoms with E-state index in [9.17, 15) is 4.79 Å². The van der Waals surface area contributed by atoms with Gasteiger partial charge in [0.2, 0.25) is 5.91 Å². The van der Waals surface area contributed by atoms with E-state index in [1.54, 1.807) is 21.6 Å². The lowest BCUT2D eigenvalue weighted by Gasteiger charge is -2.17. The largest absolute Gasteiger partial charge is 0.326 e. The lowest BCUT2D eigenvalue weighted by Crippen LogP contribution is -2.24. The third kappa shape index (κ3) is 7.66. The van der Waals surface area contributed by atoms with Crippen molar-refractivity contribution in [2.75, 3.05) is 5.32 Å². The Bertz CT molecular complexity index is 613. The van der Waals surface area contributed by atoms with Crippen LogP contribution in [0.3, 0.4) is 0 Å². The van der Waals surface area contributed by atoms with Crippen molar-refractivity contribution in [2.45, 2.75) is 37.9 Å². The van der Waals surface area contributed by atoms with Gasteiger partial charge in [0, 0.05) is 20.8 Å². The van der Waals surface area contributed by atoms with Crippen molar-refractivity contribution in [3.63, 3.8) is 0 Å². The van der Waals surface area contributed by atoms with Crippen LogP contribution in [0.1, 0.15) is 27.7 Å². The van der Waals surface area contributed by atoms with Gasteiger partial charge in [-0.3, -0.25) is 4.79 Å². The molecule has 1 N–H and O–H groups in total. The van der Waals surface area contributed by atoms with Gasteiger partial charge in [-0.1, -0.05) is 59.7 Å². The topological polar surface area (TPSA) is 29.1 Å². The standard InChI is InChI=1S/C18H24BNOS2/c1-6-15(10-7-13(2)3)22-23-16-11-8-14(9-12-16)20-17(21)18(4,5)19/h6-12H,2,19H2,1,3-5H3,(H,20,21)/b10-7-,15-6+. The molecule has 1 rings (SSSR count). The van der Waals surface area contributed by atoms with Gasteiger partial charge in [-0.25, -0.2) is 0 Å². The summed E-state index contributed by atoms with van der Waals surface area (Å²) in [7, 11) is 5.30. The van der Waals surface area contributed by atoms with Crippen LogP contribution in [0, 0.1) is 0 Å². The fraction of sp³-hybridized carbons (Fsp3) is 0.278. The number of amides is 1. The highest BCUT2D eigenvalue weighted by Gasteiger charge is 2.20. The van der Waals surface area contributed by atoms with Crippen molar-refractivity contribution in [1.29, 1.82) is 0 Å². The Morgan fingerprint density at radius 3 is 2.35 bits per heavy atom. The predicted octanol–water partition coefficient (Wildman–Crippen LogP) is 5.23. The Balaban J connectivity index is 2.61. The Labute approximate surface area is 148 Å². The van der Waals surface area contributed by atoms with E-state index in [1.165, 1.54) is 4.91 Å². The Morgan fingerprint density at radius 2 is 1.87 bits per heavy atom. The van der Waals surface area contributed by atoms with E-state index in [2.05, 4.69) is 24.0 Å². The molecule has 0 bridgehead atoms. The summed E-state index contributed by atoms with van der Waals surface area (Å²) in [6.45, 7) is 11.7. The summed E-state index contributed by atoms with van der Waals surface area (Å²) in [6, 6.07) is 7.91. The minimum atomic E-state index is -0.389. The van der Waals surface area contributed by atoms with Crippen molar-refractivity contribution < 1.29 is 4.79 Å². The monoisotopic (exact) mass is 345 g/mol. The van der Waals surface area contributed by atoms with Gasteiger partial charge in [0.1, 0.15) is 7.85 Å². The van der Waals surface area contributed by atoms with Crippen molar-refractivity contribution in [3.8, 4) is 0 Å². The molecular formula is C18H24BNOS2. The van der Waals surface area contributed by atoms with Crippen molar-refractivity contribution in [2.24, 2.45) is 0 Å². The molecule has 0 aromatic heterocycles. The molecule has 1 aromatic rings. The van der Waals surface area contributed by atoms with Gasteiger partial charge < -0.3 is 5.32 Å². The number of allylic oxidation sites excluding steroid dienone is 4. The highest BCUT2D eigenvalue weighted by molar-refractivity contribution is 8.78. The van der Waals surface area contributed by atoms with Crippen LogP contribution in [-0.4, -0.2) is 13.8 Å². The van der Waals surface area contributed by atoms with E-state index in [-0.39, 0.29) is 11.2 Å². The molecule has 0 heterocycles. The molecule has 0 saturated heterocycles. The van der Waals surface area contributed by atoms with Gasteiger partial charge in [0.25, 0.3) is 0 Å². The zero-order valence-corrected chi connectivity index (χ0v) is 16.1. The number of anilines is 1.